The summed E-state index contributed by atoms with van der Waals surface area (Å²) in [6.07, 6.45) is 1.56. The first-order valence-electron chi connectivity index (χ1n) is 5.25. The molecule has 0 saturated carbocycles. The van der Waals surface area contributed by atoms with Gasteiger partial charge in [-0.3, -0.25) is 0 Å². The third-order valence-corrected chi connectivity index (χ3v) is 3.98. The molecule has 0 aliphatic heterocycles. The molecule has 0 fully saturated rings. The summed E-state index contributed by atoms with van der Waals surface area (Å²) in [4.78, 5) is 1.20. The first kappa shape index (κ1) is 13.0. The zero-order valence-electron chi connectivity index (χ0n) is 9.22. The predicted molar refractivity (Wildman–Crippen MR) is 66.6 cm³/mol. The maximum absolute atomic E-state index is 10.0. The van der Waals surface area contributed by atoms with Crippen LogP contribution in [0.15, 0.2) is 11.4 Å². The van der Waals surface area contributed by atoms with Crippen LogP contribution in [0.3, 0.4) is 0 Å². The average molecular weight is 248 g/mol. The lowest BCUT2D eigenvalue weighted by atomic mass is 9.98. The van der Waals surface area contributed by atoms with Crippen LogP contribution in [0, 0.1) is 0 Å². The normalized spacial score (nSPS) is 12.0. The highest BCUT2D eigenvalue weighted by Gasteiger charge is 2.21. The van der Waals surface area contributed by atoms with Gasteiger partial charge in [-0.2, -0.15) is 0 Å². The molecule has 2 N–H and O–H groups in total. The Morgan fingerprint density at radius 1 is 1.47 bits per heavy atom. The number of rotatable bonds is 6. The van der Waals surface area contributed by atoms with Gasteiger partial charge in [-0.15, -0.1) is 11.3 Å². The van der Waals surface area contributed by atoms with E-state index in [0.717, 1.165) is 24.4 Å². The molecule has 0 aliphatic rings. The van der Waals surface area contributed by atoms with E-state index >= 15 is 0 Å². The van der Waals surface area contributed by atoms with Gasteiger partial charge in [0, 0.05) is 23.3 Å². The van der Waals surface area contributed by atoms with Crippen molar-refractivity contribution in [3.05, 3.63) is 21.3 Å². The molecular weight excluding hydrogens is 230 g/mol. The zero-order valence-corrected chi connectivity index (χ0v) is 10.8. The lowest BCUT2D eigenvalue weighted by Gasteiger charge is -2.25. The second kappa shape index (κ2) is 5.85. The molecule has 0 aromatic carbocycles. The molecule has 2 nitrogen and oxygen atoms in total. The van der Waals surface area contributed by atoms with E-state index in [1.165, 1.54) is 4.88 Å². The van der Waals surface area contributed by atoms with Crippen LogP contribution in [0.25, 0.3) is 0 Å². The van der Waals surface area contributed by atoms with Crippen LogP contribution in [0.1, 0.15) is 31.6 Å². The fraction of sp³-hybridized carbons (Fsp3) is 0.636. The van der Waals surface area contributed by atoms with Gasteiger partial charge < -0.3 is 10.4 Å². The molecule has 0 spiro atoms. The van der Waals surface area contributed by atoms with Gasteiger partial charge in [0.1, 0.15) is 0 Å². The Kier molecular flexibility index (Phi) is 5.06. The van der Waals surface area contributed by atoms with Crippen molar-refractivity contribution in [1.29, 1.82) is 0 Å². The molecule has 0 saturated heterocycles. The van der Waals surface area contributed by atoms with Crippen LogP contribution < -0.4 is 5.32 Å². The van der Waals surface area contributed by atoms with E-state index in [-0.39, 0.29) is 0 Å². The molecule has 0 radical (unpaired) electrons. The Morgan fingerprint density at radius 2 is 2.13 bits per heavy atom. The van der Waals surface area contributed by atoms with Gasteiger partial charge in [0.25, 0.3) is 0 Å². The maximum Gasteiger partial charge on any atom is 0.0766 e. The van der Waals surface area contributed by atoms with Crippen LogP contribution in [-0.4, -0.2) is 17.3 Å². The van der Waals surface area contributed by atoms with Crippen molar-refractivity contribution in [1.82, 2.24) is 5.32 Å². The highest BCUT2D eigenvalue weighted by atomic mass is 35.5. The van der Waals surface area contributed by atoms with Crippen molar-refractivity contribution < 1.29 is 5.11 Å². The number of hydrogen-bond acceptors (Lipinski definition) is 3. The fourth-order valence-corrected chi connectivity index (χ4v) is 2.41. The van der Waals surface area contributed by atoms with E-state index in [1.807, 2.05) is 25.3 Å². The van der Waals surface area contributed by atoms with E-state index in [0.29, 0.717) is 6.54 Å². The van der Waals surface area contributed by atoms with Crippen molar-refractivity contribution >= 4 is 22.9 Å². The van der Waals surface area contributed by atoms with Crippen molar-refractivity contribution in [3.8, 4) is 0 Å². The summed E-state index contributed by atoms with van der Waals surface area (Å²) >= 11 is 7.46. The highest BCUT2D eigenvalue weighted by molar-refractivity contribution is 7.10. The van der Waals surface area contributed by atoms with Gasteiger partial charge in [0.05, 0.1) is 10.6 Å². The van der Waals surface area contributed by atoms with Crippen molar-refractivity contribution in [3.63, 3.8) is 0 Å². The van der Waals surface area contributed by atoms with Crippen LogP contribution in [0.4, 0.5) is 0 Å². The van der Waals surface area contributed by atoms with Gasteiger partial charge >= 0.3 is 0 Å². The molecular formula is C11H18ClNOS. The number of aliphatic hydroxyl groups is 1. The second-order valence-electron chi connectivity index (χ2n) is 3.77. The largest absolute Gasteiger partial charge is 0.389 e. The summed E-state index contributed by atoms with van der Waals surface area (Å²) in [5, 5.41) is 16.0. The average Bonchev–Trinajstić information content (AvgIpc) is 2.64. The molecule has 0 bridgehead atoms. The second-order valence-corrected chi connectivity index (χ2v) is 5.20. The smallest absolute Gasteiger partial charge is 0.0766 e. The Hall–Kier alpha value is -0.0900. The molecule has 4 heteroatoms. The standard InChI is InChI=1S/C11H18ClNOS/c1-3-11(14,4-2)8-13-6-10-5-9(12)7-15-10/h5,7,13-14H,3-4,6,8H2,1-2H3. The van der Waals surface area contributed by atoms with Crippen molar-refractivity contribution in [2.24, 2.45) is 0 Å². The summed E-state index contributed by atoms with van der Waals surface area (Å²) in [6.45, 7) is 5.43. The molecule has 1 heterocycles. The summed E-state index contributed by atoms with van der Waals surface area (Å²) in [5.74, 6) is 0. The fourth-order valence-electron chi connectivity index (χ4n) is 1.36. The molecule has 0 amide bonds. The van der Waals surface area contributed by atoms with Gasteiger partial charge in [-0.1, -0.05) is 25.4 Å². The van der Waals surface area contributed by atoms with E-state index in [2.05, 4.69) is 5.32 Å². The first-order valence-corrected chi connectivity index (χ1v) is 6.51. The van der Waals surface area contributed by atoms with Crippen LogP contribution in [0.5, 0.6) is 0 Å². The Labute approximate surface area is 100 Å². The minimum atomic E-state index is -0.568. The minimum absolute atomic E-state index is 0.568. The van der Waals surface area contributed by atoms with Crippen LogP contribution in [-0.2, 0) is 6.54 Å². The predicted octanol–water partition coefficient (Wildman–Crippen LogP) is 3.04. The molecule has 1 aromatic heterocycles. The zero-order chi connectivity index (χ0) is 11.3. The Balaban J connectivity index is 2.32. The third kappa shape index (κ3) is 4.11. The SMILES string of the molecule is CCC(O)(CC)CNCc1cc(Cl)cs1. The summed E-state index contributed by atoms with van der Waals surface area (Å²) < 4.78 is 0. The lowest BCUT2D eigenvalue weighted by molar-refractivity contribution is 0.0323. The molecule has 86 valence electrons. The molecule has 0 atom stereocenters. The summed E-state index contributed by atoms with van der Waals surface area (Å²) in [6, 6.07) is 1.95. The molecule has 15 heavy (non-hydrogen) atoms. The van der Waals surface area contributed by atoms with E-state index < -0.39 is 5.60 Å². The lowest BCUT2D eigenvalue weighted by Crippen LogP contribution is -2.39. The van der Waals surface area contributed by atoms with Gasteiger partial charge in [-0.25, -0.2) is 0 Å². The quantitative estimate of drug-likeness (QED) is 0.810. The minimum Gasteiger partial charge on any atom is -0.389 e. The summed E-state index contributed by atoms with van der Waals surface area (Å²) in [5.41, 5.74) is -0.568. The van der Waals surface area contributed by atoms with E-state index in [9.17, 15) is 5.11 Å². The van der Waals surface area contributed by atoms with Gasteiger partial charge in [0.15, 0.2) is 0 Å². The maximum atomic E-state index is 10.0. The van der Waals surface area contributed by atoms with Gasteiger partial charge in [-0.05, 0) is 18.9 Å². The van der Waals surface area contributed by atoms with Crippen molar-refractivity contribution in [2.45, 2.75) is 38.8 Å². The Morgan fingerprint density at radius 3 is 2.60 bits per heavy atom. The van der Waals surface area contributed by atoms with Gasteiger partial charge in [0.2, 0.25) is 0 Å². The number of thiophene rings is 1. The Bertz CT molecular complexity index is 297. The monoisotopic (exact) mass is 247 g/mol. The van der Waals surface area contributed by atoms with Crippen LogP contribution in [0.2, 0.25) is 5.02 Å². The van der Waals surface area contributed by atoms with Crippen molar-refractivity contribution in [2.75, 3.05) is 6.54 Å². The number of hydrogen-bond donors (Lipinski definition) is 2. The third-order valence-electron chi connectivity index (χ3n) is 2.69. The number of halogens is 1. The number of nitrogens with one attached hydrogen (secondary N) is 1. The highest BCUT2D eigenvalue weighted by Crippen LogP contribution is 2.19. The topological polar surface area (TPSA) is 32.3 Å². The molecule has 0 aliphatic carbocycles. The van der Waals surface area contributed by atoms with E-state index in [1.54, 1.807) is 11.3 Å². The van der Waals surface area contributed by atoms with E-state index in [4.69, 9.17) is 11.6 Å². The van der Waals surface area contributed by atoms with Crippen LogP contribution >= 0.6 is 22.9 Å². The first-order chi connectivity index (χ1) is 7.09. The summed E-state index contributed by atoms with van der Waals surface area (Å²) in [7, 11) is 0. The molecule has 1 aromatic rings. The molecule has 1 rings (SSSR count). The molecule has 0 unspecified atom stereocenters.